The number of rotatable bonds is 7. The van der Waals surface area contributed by atoms with Crippen molar-refractivity contribution < 1.29 is 23.9 Å². The lowest BCUT2D eigenvalue weighted by Crippen LogP contribution is -2.23. The van der Waals surface area contributed by atoms with Gasteiger partial charge in [-0.05, 0) is 12.3 Å². The van der Waals surface area contributed by atoms with Crippen LogP contribution in [0.1, 0.15) is 39.8 Å². The number of carbonyl (C=O) groups excluding carboxylic acids is 3. The lowest BCUT2D eigenvalue weighted by atomic mass is 9.93. The van der Waals surface area contributed by atoms with Gasteiger partial charge in [-0.1, -0.05) is 20.8 Å². The highest BCUT2D eigenvalue weighted by atomic mass is 32.1. The second-order valence-electron chi connectivity index (χ2n) is 6.07. The number of ether oxygens (including phenoxy) is 2. The Hall–Kier alpha value is -1.96. The zero-order valence-electron chi connectivity index (χ0n) is 13.8. The summed E-state index contributed by atoms with van der Waals surface area (Å²) in [6.45, 7) is 7.42. The van der Waals surface area contributed by atoms with E-state index >= 15 is 0 Å². The van der Waals surface area contributed by atoms with Gasteiger partial charge in [0.1, 0.15) is 0 Å². The van der Waals surface area contributed by atoms with Crippen LogP contribution in [0.4, 0.5) is 5.13 Å². The third-order valence-corrected chi connectivity index (χ3v) is 3.27. The van der Waals surface area contributed by atoms with Gasteiger partial charge in [0.2, 0.25) is 0 Å². The van der Waals surface area contributed by atoms with Gasteiger partial charge in [0.05, 0.1) is 25.1 Å². The first-order valence-corrected chi connectivity index (χ1v) is 8.13. The second kappa shape index (κ2) is 8.61. The van der Waals surface area contributed by atoms with E-state index in [1.165, 1.54) is 11.3 Å². The minimum atomic E-state index is -0.468. The third kappa shape index (κ3) is 8.29. The number of esters is 2. The molecule has 0 aliphatic carbocycles. The molecular weight excluding hydrogens is 320 g/mol. The molecular formula is C15H22N2O5S. The molecule has 23 heavy (non-hydrogen) atoms. The monoisotopic (exact) mass is 342 g/mol. The number of nitrogens with one attached hydrogen (secondary N) is 1. The van der Waals surface area contributed by atoms with Crippen molar-refractivity contribution in [3.05, 3.63) is 11.1 Å². The fraction of sp³-hybridized carbons (Fsp3) is 0.600. The summed E-state index contributed by atoms with van der Waals surface area (Å²) in [5.41, 5.74) is 0.332. The predicted molar refractivity (Wildman–Crippen MR) is 86.1 cm³/mol. The average Bonchev–Trinajstić information content (AvgIpc) is 2.81. The van der Waals surface area contributed by atoms with Gasteiger partial charge in [0.25, 0.3) is 5.91 Å². The van der Waals surface area contributed by atoms with E-state index in [9.17, 15) is 14.4 Å². The van der Waals surface area contributed by atoms with E-state index in [-0.39, 0.29) is 30.8 Å². The Morgan fingerprint density at radius 1 is 1.22 bits per heavy atom. The van der Waals surface area contributed by atoms with Gasteiger partial charge in [0.15, 0.2) is 11.7 Å². The summed E-state index contributed by atoms with van der Waals surface area (Å²) in [5, 5.41) is 4.54. The summed E-state index contributed by atoms with van der Waals surface area (Å²) < 4.78 is 9.73. The number of hydrogen-bond donors (Lipinski definition) is 1. The molecule has 0 unspecified atom stereocenters. The van der Waals surface area contributed by atoms with Crippen molar-refractivity contribution in [3.63, 3.8) is 0 Å². The van der Waals surface area contributed by atoms with Crippen LogP contribution >= 0.6 is 11.3 Å². The lowest BCUT2D eigenvalue weighted by molar-refractivity contribution is -0.149. The van der Waals surface area contributed by atoms with E-state index in [0.717, 1.165) is 0 Å². The summed E-state index contributed by atoms with van der Waals surface area (Å²) in [5.74, 6) is -1.26. The molecule has 0 aromatic carbocycles. The standard InChI is InChI=1S/C15H22N2O5S/c1-5-21-12(19)6-10-9-23-14(16-10)17-11(18)8-22-13(20)7-15(2,3)4/h9H,5-8H2,1-4H3,(H,16,17,18). The van der Waals surface area contributed by atoms with Crippen LogP contribution in [0.2, 0.25) is 0 Å². The Bertz CT molecular complexity index is 562. The maximum atomic E-state index is 11.7. The van der Waals surface area contributed by atoms with Crippen molar-refractivity contribution in [2.75, 3.05) is 18.5 Å². The normalized spacial score (nSPS) is 11.0. The van der Waals surface area contributed by atoms with Crippen LogP contribution < -0.4 is 5.32 Å². The quantitative estimate of drug-likeness (QED) is 0.763. The van der Waals surface area contributed by atoms with E-state index < -0.39 is 11.9 Å². The summed E-state index contributed by atoms with van der Waals surface area (Å²) in [6.07, 6.45) is 0.294. The molecule has 0 saturated heterocycles. The highest BCUT2D eigenvalue weighted by Crippen LogP contribution is 2.19. The predicted octanol–water partition coefficient (Wildman–Crippen LogP) is 2.17. The van der Waals surface area contributed by atoms with Crippen molar-refractivity contribution in [1.82, 2.24) is 4.98 Å². The molecule has 1 heterocycles. The van der Waals surface area contributed by atoms with Crippen molar-refractivity contribution >= 4 is 34.3 Å². The van der Waals surface area contributed by atoms with Crippen LogP contribution in [-0.2, 0) is 30.3 Å². The van der Waals surface area contributed by atoms with Gasteiger partial charge < -0.3 is 9.47 Å². The van der Waals surface area contributed by atoms with Crippen molar-refractivity contribution in [2.45, 2.75) is 40.5 Å². The van der Waals surface area contributed by atoms with Gasteiger partial charge in [-0.25, -0.2) is 4.98 Å². The maximum Gasteiger partial charge on any atom is 0.311 e. The van der Waals surface area contributed by atoms with E-state index in [4.69, 9.17) is 9.47 Å². The zero-order chi connectivity index (χ0) is 17.5. The molecule has 7 nitrogen and oxygen atoms in total. The minimum Gasteiger partial charge on any atom is -0.466 e. The molecule has 8 heteroatoms. The topological polar surface area (TPSA) is 94.6 Å². The molecule has 0 radical (unpaired) electrons. The Morgan fingerprint density at radius 3 is 2.52 bits per heavy atom. The number of thiazole rings is 1. The molecule has 128 valence electrons. The van der Waals surface area contributed by atoms with Gasteiger partial charge in [-0.3, -0.25) is 19.7 Å². The molecule has 0 atom stereocenters. The Morgan fingerprint density at radius 2 is 1.91 bits per heavy atom. The first-order chi connectivity index (χ1) is 10.7. The zero-order valence-corrected chi connectivity index (χ0v) is 14.6. The van der Waals surface area contributed by atoms with Gasteiger partial charge in [-0.15, -0.1) is 11.3 Å². The molecule has 0 fully saturated rings. The van der Waals surface area contributed by atoms with Crippen LogP contribution in [0.15, 0.2) is 5.38 Å². The molecule has 1 rings (SSSR count). The highest BCUT2D eigenvalue weighted by Gasteiger charge is 2.18. The van der Waals surface area contributed by atoms with Gasteiger partial charge >= 0.3 is 11.9 Å². The number of amides is 1. The summed E-state index contributed by atoms with van der Waals surface area (Å²) >= 11 is 1.19. The van der Waals surface area contributed by atoms with Crippen LogP contribution in [-0.4, -0.2) is 36.0 Å². The van der Waals surface area contributed by atoms with E-state index in [0.29, 0.717) is 17.4 Å². The fourth-order valence-corrected chi connectivity index (χ4v) is 2.32. The second-order valence-corrected chi connectivity index (χ2v) is 6.93. The fourth-order valence-electron chi connectivity index (χ4n) is 1.59. The molecule has 1 amide bonds. The number of hydrogen-bond acceptors (Lipinski definition) is 7. The molecule has 0 aliphatic rings. The maximum absolute atomic E-state index is 11.7. The summed E-state index contributed by atoms with van der Waals surface area (Å²) in [6, 6.07) is 0. The Labute approximate surface area is 139 Å². The Balaban J connectivity index is 2.39. The van der Waals surface area contributed by atoms with E-state index in [2.05, 4.69) is 10.3 Å². The van der Waals surface area contributed by atoms with Gasteiger partial charge in [0, 0.05) is 5.38 Å². The first kappa shape index (κ1) is 19.1. The smallest absolute Gasteiger partial charge is 0.311 e. The SMILES string of the molecule is CCOC(=O)Cc1csc(NC(=O)COC(=O)CC(C)(C)C)n1. The molecule has 1 N–H and O–H groups in total. The number of anilines is 1. The summed E-state index contributed by atoms with van der Waals surface area (Å²) in [7, 11) is 0. The average molecular weight is 342 g/mol. The lowest BCUT2D eigenvalue weighted by Gasteiger charge is -2.16. The Kier molecular flexibility index (Phi) is 7.15. The number of nitrogens with zero attached hydrogens (tertiary/aromatic N) is 1. The number of carbonyl (C=O) groups is 3. The van der Waals surface area contributed by atoms with Crippen molar-refractivity contribution in [1.29, 1.82) is 0 Å². The molecule has 0 bridgehead atoms. The number of aromatic nitrogens is 1. The molecule has 0 aliphatic heterocycles. The molecule has 1 aromatic heterocycles. The van der Waals surface area contributed by atoms with Crippen LogP contribution in [0.5, 0.6) is 0 Å². The largest absolute Gasteiger partial charge is 0.466 e. The van der Waals surface area contributed by atoms with Crippen LogP contribution in [0.25, 0.3) is 0 Å². The van der Waals surface area contributed by atoms with Gasteiger partial charge in [-0.2, -0.15) is 0 Å². The summed E-state index contributed by atoms with van der Waals surface area (Å²) in [4.78, 5) is 38.7. The van der Waals surface area contributed by atoms with E-state index in [1.807, 2.05) is 20.8 Å². The van der Waals surface area contributed by atoms with Crippen molar-refractivity contribution in [3.8, 4) is 0 Å². The first-order valence-electron chi connectivity index (χ1n) is 7.25. The minimum absolute atomic E-state index is 0.0563. The molecule has 0 saturated carbocycles. The van der Waals surface area contributed by atoms with Crippen LogP contribution in [0.3, 0.4) is 0 Å². The molecule has 0 spiro atoms. The van der Waals surface area contributed by atoms with E-state index in [1.54, 1.807) is 12.3 Å². The molecule has 1 aromatic rings. The van der Waals surface area contributed by atoms with Crippen molar-refractivity contribution in [2.24, 2.45) is 5.41 Å². The highest BCUT2D eigenvalue weighted by molar-refractivity contribution is 7.13. The van der Waals surface area contributed by atoms with Crippen LogP contribution in [0, 0.1) is 5.41 Å². The third-order valence-electron chi connectivity index (χ3n) is 2.47.